The van der Waals surface area contributed by atoms with E-state index < -0.39 is 29.1 Å². The first-order chi connectivity index (χ1) is 18.7. The van der Waals surface area contributed by atoms with Gasteiger partial charge in [-0.2, -0.15) is 0 Å². The van der Waals surface area contributed by atoms with Gasteiger partial charge >= 0.3 is 0 Å². The number of anilines is 1. The first-order valence-corrected chi connectivity index (χ1v) is 14.2. The molecule has 2 bridgehead atoms. The maximum atomic E-state index is 14.4. The number of fused-ring (bicyclic) bond motifs is 1. The molecule has 3 fully saturated rings. The van der Waals surface area contributed by atoms with Crippen LogP contribution in [0.15, 0.2) is 55.6 Å². The molecule has 6 atom stereocenters. The van der Waals surface area contributed by atoms with Gasteiger partial charge in [0.2, 0.25) is 17.7 Å². The lowest BCUT2D eigenvalue weighted by Crippen LogP contribution is -2.58. The van der Waals surface area contributed by atoms with Crippen molar-refractivity contribution in [2.75, 3.05) is 31.1 Å². The molecule has 1 spiro atoms. The van der Waals surface area contributed by atoms with E-state index in [2.05, 4.69) is 20.1 Å². The van der Waals surface area contributed by atoms with Crippen molar-refractivity contribution >= 4 is 23.4 Å². The molecule has 0 radical (unpaired) electrons. The molecule has 3 amide bonds. The van der Waals surface area contributed by atoms with Crippen LogP contribution in [0.3, 0.4) is 0 Å². The number of aliphatic hydroxyl groups is 1. The molecule has 0 aliphatic carbocycles. The molecule has 0 saturated carbocycles. The second-order valence-corrected chi connectivity index (χ2v) is 11.3. The third-order valence-corrected chi connectivity index (χ3v) is 8.83. The molecular formula is C31H43N3O5. The van der Waals surface area contributed by atoms with Crippen LogP contribution in [-0.4, -0.2) is 82.2 Å². The Kier molecular flexibility index (Phi) is 8.66. The van der Waals surface area contributed by atoms with Crippen molar-refractivity contribution in [3.05, 3.63) is 55.6 Å². The molecule has 1 aromatic rings. The lowest BCUT2D eigenvalue weighted by molar-refractivity contribution is -0.152. The summed E-state index contributed by atoms with van der Waals surface area (Å²) in [5.41, 5.74) is -1.24. The Morgan fingerprint density at radius 1 is 1.18 bits per heavy atom. The molecule has 8 nitrogen and oxygen atoms in total. The van der Waals surface area contributed by atoms with Crippen LogP contribution in [0.25, 0.3) is 0 Å². The standard InChI is InChI=1S/C31H43N3O5/c1-6-13-22(4)32(18-7-2)29(38)26-31-17-16-30(5,39-31)24(25(31)28(37)34(26)20-12-21-35)27(36)33(19-8-3)23-14-10-9-11-15-23/h7-11,14-15,22,24-26,35H,2-3,6,12-13,16-21H2,1,4-5H3/t22?,24-,25-,26?,30+,31?/m0/s1. The second kappa shape index (κ2) is 11.6. The van der Waals surface area contributed by atoms with Crippen molar-refractivity contribution in [3.63, 3.8) is 0 Å². The van der Waals surface area contributed by atoms with Gasteiger partial charge in [0.25, 0.3) is 0 Å². The Balaban J connectivity index is 1.78. The summed E-state index contributed by atoms with van der Waals surface area (Å²) in [6, 6.07) is 8.47. The Labute approximate surface area is 232 Å². The summed E-state index contributed by atoms with van der Waals surface area (Å²) in [6.07, 6.45) is 6.56. The van der Waals surface area contributed by atoms with Gasteiger partial charge < -0.3 is 24.5 Å². The van der Waals surface area contributed by atoms with Crippen molar-refractivity contribution in [2.45, 2.75) is 76.2 Å². The fourth-order valence-corrected chi connectivity index (χ4v) is 7.15. The zero-order valence-corrected chi connectivity index (χ0v) is 23.6. The van der Waals surface area contributed by atoms with E-state index in [4.69, 9.17) is 4.74 Å². The molecule has 39 heavy (non-hydrogen) atoms. The topological polar surface area (TPSA) is 90.4 Å². The minimum atomic E-state index is -1.10. The molecule has 0 aromatic heterocycles. The summed E-state index contributed by atoms with van der Waals surface area (Å²) in [5.74, 6) is -2.13. The van der Waals surface area contributed by atoms with E-state index in [-0.39, 0.29) is 36.9 Å². The van der Waals surface area contributed by atoms with Gasteiger partial charge in [0.05, 0.1) is 17.4 Å². The van der Waals surface area contributed by atoms with E-state index in [9.17, 15) is 19.5 Å². The summed E-state index contributed by atoms with van der Waals surface area (Å²) in [5, 5.41) is 9.61. The fraction of sp³-hybridized carbons (Fsp3) is 0.581. The number of hydrogen-bond donors (Lipinski definition) is 1. The van der Waals surface area contributed by atoms with Gasteiger partial charge in [0, 0.05) is 38.0 Å². The van der Waals surface area contributed by atoms with Gasteiger partial charge in [-0.05, 0) is 51.7 Å². The number of nitrogens with zero attached hydrogens (tertiary/aromatic N) is 3. The van der Waals surface area contributed by atoms with Crippen LogP contribution in [0.2, 0.25) is 0 Å². The minimum Gasteiger partial charge on any atom is -0.396 e. The van der Waals surface area contributed by atoms with Crippen LogP contribution in [-0.2, 0) is 19.1 Å². The smallest absolute Gasteiger partial charge is 0.248 e. The number of aliphatic hydroxyl groups excluding tert-OH is 1. The number of likely N-dealkylation sites (tertiary alicyclic amines) is 1. The molecule has 1 aromatic carbocycles. The van der Waals surface area contributed by atoms with Gasteiger partial charge in [0.1, 0.15) is 11.6 Å². The highest BCUT2D eigenvalue weighted by molar-refractivity contribution is 6.03. The van der Waals surface area contributed by atoms with Gasteiger partial charge in [-0.25, -0.2) is 0 Å². The first-order valence-electron chi connectivity index (χ1n) is 14.2. The monoisotopic (exact) mass is 537 g/mol. The van der Waals surface area contributed by atoms with Gasteiger partial charge in [-0.3, -0.25) is 14.4 Å². The van der Waals surface area contributed by atoms with E-state index in [0.29, 0.717) is 32.4 Å². The van der Waals surface area contributed by atoms with Gasteiger partial charge in [-0.15, -0.1) is 13.2 Å². The van der Waals surface area contributed by atoms with Crippen molar-refractivity contribution < 1.29 is 24.2 Å². The van der Waals surface area contributed by atoms with E-state index in [0.717, 1.165) is 18.5 Å². The average molecular weight is 538 g/mol. The number of rotatable bonds is 13. The molecule has 3 heterocycles. The highest BCUT2D eigenvalue weighted by Crippen LogP contribution is 2.63. The normalized spacial score (nSPS) is 29.7. The van der Waals surface area contributed by atoms with Crippen LogP contribution >= 0.6 is 0 Å². The Morgan fingerprint density at radius 3 is 2.49 bits per heavy atom. The van der Waals surface area contributed by atoms with Crippen molar-refractivity contribution in [1.82, 2.24) is 9.80 Å². The molecule has 3 aliphatic rings. The Hall–Kier alpha value is -2.97. The maximum absolute atomic E-state index is 14.4. The zero-order valence-electron chi connectivity index (χ0n) is 23.6. The molecule has 212 valence electrons. The molecule has 3 saturated heterocycles. The van der Waals surface area contributed by atoms with Crippen LogP contribution < -0.4 is 4.90 Å². The van der Waals surface area contributed by atoms with Crippen LogP contribution in [0.5, 0.6) is 0 Å². The highest BCUT2D eigenvalue weighted by Gasteiger charge is 2.78. The zero-order chi connectivity index (χ0) is 28.4. The first kappa shape index (κ1) is 29.0. The predicted molar refractivity (Wildman–Crippen MR) is 151 cm³/mol. The predicted octanol–water partition coefficient (Wildman–Crippen LogP) is 3.56. The fourth-order valence-electron chi connectivity index (χ4n) is 7.15. The molecule has 1 N–H and O–H groups in total. The third kappa shape index (κ3) is 4.82. The largest absolute Gasteiger partial charge is 0.396 e. The van der Waals surface area contributed by atoms with Gasteiger partial charge in [0.15, 0.2) is 0 Å². The Morgan fingerprint density at radius 2 is 1.87 bits per heavy atom. The molecule has 8 heteroatoms. The van der Waals surface area contributed by atoms with E-state index in [1.165, 1.54) is 0 Å². The number of para-hydroxylation sites is 1. The number of amides is 3. The summed E-state index contributed by atoms with van der Waals surface area (Å²) in [6.45, 7) is 14.5. The highest BCUT2D eigenvalue weighted by atomic mass is 16.5. The molecule has 3 aliphatic heterocycles. The van der Waals surface area contributed by atoms with Crippen LogP contribution in [0.1, 0.15) is 52.9 Å². The molecule has 3 unspecified atom stereocenters. The quantitative estimate of drug-likeness (QED) is 0.389. The van der Waals surface area contributed by atoms with Crippen molar-refractivity contribution in [1.29, 1.82) is 0 Å². The number of ether oxygens (including phenoxy) is 1. The maximum Gasteiger partial charge on any atom is 0.248 e. The second-order valence-electron chi connectivity index (χ2n) is 11.3. The van der Waals surface area contributed by atoms with E-state index in [1.807, 2.05) is 44.2 Å². The lowest BCUT2D eigenvalue weighted by atomic mass is 9.66. The van der Waals surface area contributed by atoms with Crippen LogP contribution in [0, 0.1) is 11.8 Å². The van der Waals surface area contributed by atoms with Crippen molar-refractivity contribution in [2.24, 2.45) is 11.8 Å². The summed E-state index contributed by atoms with van der Waals surface area (Å²) in [4.78, 5) is 48.0. The SMILES string of the molecule is C=CCN(C(=O)[C@@H]1[C@H]2C(=O)N(CCCO)C(C(=O)N(CC=C)C(C)CCC)C23CC[C@@]1(C)O3)c1ccccc1. The van der Waals surface area contributed by atoms with Gasteiger partial charge in [-0.1, -0.05) is 43.7 Å². The third-order valence-electron chi connectivity index (χ3n) is 8.83. The number of carbonyl (C=O) groups is 3. The molecular weight excluding hydrogens is 494 g/mol. The summed E-state index contributed by atoms with van der Waals surface area (Å²) in [7, 11) is 0. The molecule has 4 rings (SSSR count). The van der Waals surface area contributed by atoms with Crippen LogP contribution in [0.4, 0.5) is 5.69 Å². The van der Waals surface area contributed by atoms with E-state index >= 15 is 0 Å². The lowest BCUT2D eigenvalue weighted by Gasteiger charge is -2.39. The Bertz CT molecular complexity index is 1090. The number of carbonyl (C=O) groups excluding carboxylic acids is 3. The number of benzene rings is 1. The summed E-state index contributed by atoms with van der Waals surface area (Å²) >= 11 is 0. The summed E-state index contributed by atoms with van der Waals surface area (Å²) < 4.78 is 6.78. The minimum absolute atomic E-state index is 0.0430. The number of hydrogen-bond acceptors (Lipinski definition) is 5. The average Bonchev–Trinajstić information content (AvgIpc) is 3.49. The van der Waals surface area contributed by atoms with Crippen molar-refractivity contribution in [3.8, 4) is 0 Å². The van der Waals surface area contributed by atoms with E-state index in [1.54, 1.807) is 26.9 Å².